The van der Waals surface area contributed by atoms with Crippen LogP contribution in [0, 0.1) is 13.8 Å². The van der Waals surface area contributed by atoms with Gasteiger partial charge in [0.05, 0.1) is 11.6 Å². The summed E-state index contributed by atoms with van der Waals surface area (Å²) in [6.45, 7) is 11.5. The molecule has 3 heterocycles. The van der Waals surface area contributed by atoms with Gasteiger partial charge in [-0.1, -0.05) is 5.16 Å². The van der Waals surface area contributed by atoms with Crippen LogP contribution in [0.25, 0.3) is 11.5 Å². The van der Waals surface area contributed by atoms with Crippen LogP contribution in [-0.4, -0.2) is 46.3 Å². The Labute approximate surface area is 131 Å². The smallest absolute Gasteiger partial charge is 0.259 e. The molecule has 1 aliphatic rings. The Hall–Kier alpha value is -1.66. The summed E-state index contributed by atoms with van der Waals surface area (Å²) in [5, 5.41) is 7.60. The van der Waals surface area contributed by atoms with Gasteiger partial charge in [-0.3, -0.25) is 4.90 Å². The topological polar surface area (TPSA) is 59.1 Å². The molecule has 2 aromatic heterocycles. The fourth-order valence-corrected chi connectivity index (χ4v) is 3.36. The third-order valence-corrected chi connectivity index (χ3v) is 4.48. The van der Waals surface area contributed by atoms with E-state index in [1.165, 1.54) is 11.4 Å². The van der Waals surface area contributed by atoms with Gasteiger partial charge in [-0.15, -0.1) is 0 Å². The summed E-state index contributed by atoms with van der Waals surface area (Å²) in [5.41, 5.74) is 3.44. The number of nitrogens with one attached hydrogen (secondary N) is 1. The monoisotopic (exact) mass is 303 g/mol. The zero-order chi connectivity index (χ0) is 15.9. The van der Waals surface area contributed by atoms with E-state index in [1.807, 2.05) is 0 Å². The van der Waals surface area contributed by atoms with Crippen molar-refractivity contribution in [1.82, 2.24) is 24.9 Å². The van der Waals surface area contributed by atoms with Crippen LogP contribution in [0.2, 0.25) is 0 Å². The predicted molar refractivity (Wildman–Crippen MR) is 85.8 cm³/mol. The molecule has 1 N–H and O–H groups in total. The molecule has 1 atom stereocenters. The molecule has 0 aliphatic carbocycles. The molecule has 0 amide bonds. The van der Waals surface area contributed by atoms with Crippen LogP contribution in [-0.2, 0) is 0 Å². The Morgan fingerprint density at radius 1 is 1.36 bits per heavy atom. The van der Waals surface area contributed by atoms with Gasteiger partial charge >= 0.3 is 0 Å². The Bertz CT molecular complexity index is 658. The number of aryl methyl sites for hydroxylation is 1. The second kappa shape index (κ2) is 5.85. The maximum absolute atomic E-state index is 5.55. The molecular formula is C16H25N5O. The number of hydrogen-bond acceptors (Lipinski definition) is 5. The van der Waals surface area contributed by atoms with Crippen molar-refractivity contribution in [1.29, 1.82) is 0 Å². The maximum Gasteiger partial charge on any atom is 0.259 e. The highest BCUT2D eigenvalue weighted by molar-refractivity contribution is 5.58. The lowest BCUT2D eigenvalue weighted by atomic mass is 10.2. The summed E-state index contributed by atoms with van der Waals surface area (Å²) in [6.07, 6.45) is 0. The molecule has 22 heavy (non-hydrogen) atoms. The molecule has 1 aliphatic heterocycles. The van der Waals surface area contributed by atoms with E-state index in [0.717, 1.165) is 31.0 Å². The second-order valence-electron chi connectivity index (χ2n) is 6.41. The van der Waals surface area contributed by atoms with Gasteiger partial charge in [0, 0.05) is 37.1 Å². The Morgan fingerprint density at radius 2 is 2.14 bits per heavy atom. The van der Waals surface area contributed by atoms with Gasteiger partial charge in [0.1, 0.15) is 0 Å². The molecule has 2 aromatic rings. The number of nitrogens with zero attached hydrogens (tertiary/aromatic N) is 4. The molecule has 1 unspecified atom stereocenters. The number of aromatic nitrogens is 3. The first kappa shape index (κ1) is 15.2. The largest absolute Gasteiger partial charge is 0.346 e. The number of hydrogen-bond donors (Lipinski definition) is 1. The highest BCUT2D eigenvalue weighted by atomic mass is 16.5. The zero-order valence-corrected chi connectivity index (χ0v) is 14.1. The standard InChI is InChI=1S/C16H25N5O/c1-10(2)21-11(3)8-13(12(21)4)16-18-15(19-22-16)14-9-17-6-7-20(14)5/h8,10,14,17H,6-7,9H2,1-5H3. The SMILES string of the molecule is Cc1cc(-c2nc(C3CNCCN3C)no2)c(C)n1C(C)C. The second-order valence-corrected chi connectivity index (χ2v) is 6.41. The van der Waals surface area contributed by atoms with E-state index in [1.54, 1.807) is 0 Å². The van der Waals surface area contributed by atoms with Crippen molar-refractivity contribution >= 4 is 0 Å². The third-order valence-electron chi connectivity index (χ3n) is 4.48. The van der Waals surface area contributed by atoms with E-state index in [2.05, 4.69) is 65.7 Å². The lowest BCUT2D eigenvalue weighted by Gasteiger charge is -2.30. The van der Waals surface area contributed by atoms with Crippen molar-refractivity contribution in [2.45, 2.75) is 39.8 Å². The van der Waals surface area contributed by atoms with Gasteiger partial charge in [-0.05, 0) is 40.8 Å². The lowest BCUT2D eigenvalue weighted by Crippen LogP contribution is -2.44. The fraction of sp³-hybridized carbons (Fsp3) is 0.625. The van der Waals surface area contributed by atoms with Crippen LogP contribution < -0.4 is 5.32 Å². The molecular weight excluding hydrogens is 278 g/mol. The van der Waals surface area contributed by atoms with Gasteiger partial charge in [-0.25, -0.2) is 0 Å². The summed E-state index contributed by atoms with van der Waals surface area (Å²) in [5.74, 6) is 1.38. The van der Waals surface area contributed by atoms with Gasteiger partial charge in [-0.2, -0.15) is 4.98 Å². The number of likely N-dealkylation sites (N-methyl/N-ethyl adjacent to an activating group) is 1. The first-order valence-corrected chi connectivity index (χ1v) is 7.92. The van der Waals surface area contributed by atoms with Gasteiger partial charge in [0.2, 0.25) is 0 Å². The molecule has 6 nitrogen and oxygen atoms in total. The predicted octanol–water partition coefficient (Wildman–Crippen LogP) is 2.31. The minimum absolute atomic E-state index is 0.180. The highest BCUT2D eigenvalue weighted by Gasteiger charge is 2.26. The summed E-state index contributed by atoms with van der Waals surface area (Å²) in [6, 6.07) is 2.74. The molecule has 0 aromatic carbocycles. The van der Waals surface area contributed by atoms with E-state index in [9.17, 15) is 0 Å². The van der Waals surface area contributed by atoms with Crippen molar-refractivity contribution in [2.24, 2.45) is 0 Å². The van der Waals surface area contributed by atoms with Crippen LogP contribution in [0.1, 0.15) is 43.1 Å². The minimum Gasteiger partial charge on any atom is -0.346 e. The molecule has 1 fully saturated rings. The summed E-state index contributed by atoms with van der Waals surface area (Å²) < 4.78 is 7.85. The Kier molecular flexibility index (Phi) is 4.06. The summed E-state index contributed by atoms with van der Waals surface area (Å²) in [4.78, 5) is 6.92. The van der Waals surface area contributed by atoms with Gasteiger partial charge in [0.15, 0.2) is 5.82 Å². The van der Waals surface area contributed by atoms with Gasteiger partial charge in [0.25, 0.3) is 5.89 Å². The van der Waals surface area contributed by atoms with E-state index in [0.29, 0.717) is 11.9 Å². The molecule has 0 radical (unpaired) electrons. The van der Waals surface area contributed by atoms with E-state index in [-0.39, 0.29) is 6.04 Å². The van der Waals surface area contributed by atoms with Crippen LogP contribution >= 0.6 is 0 Å². The quantitative estimate of drug-likeness (QED) is 0.943. The van der Waals surface area contributed by atoms with Crippen LogP contribution in [0.15, 0.2) is 10.6 Å². The van der Waals surface area contributed by atoms with Crippen molar-refractivity contribution in [3.05, 3.63) is 23.3 Å². The molecule has 1 saturated heterocycles. The average molecular weight is 303 g/mol. The summed E-state index contributed by atoms with van der Waals surface area (Å²) in [7, 11) is 2.10. The van der Waals surface area contributed by atoms with Crippen LogP contribution in [0.3, 0.4) is 0 Å². The van der Waals surface area contributed by atoms with E-state index in [4.69, 9.17) is 4.52 Å². The molecule has 0 saturated carbocycles. The fourth-order valence-electron chi connectivity index (χ4n) is 3.36. The van der Waals surface area contributed by atoms with Crippen LogP contribution in [0.4, 0.5) is 0 Å². The molecule has 3 rings (SSSR count). The number of piperazine rings is 1. The van der Waals surface area contributed by atoms with Gasteiger partial charge < -0.3 is 14.4 Å². The first-order valence-electron chi connectivity index (χ1n) is 7.92. The average Bonchev–Trinajstić information content (AvgIpc) is 3.04. The lowest BCUT2D eigenvalue weighted by molar-refractivity contribution is 0.190. The Balaban J connectivity index is 1.93. The molecule has 120 valence electrons. The highest BCUT2D eigenvalue weighted by Crippen LogP contribution is 2.29. The van der Waals surface area contributed by atoms with Crippen molar-refractivity contribution in [2.75, 3.05) is 26.7 Å². The molecule has 0 spiro atoms. The molecule has 6 heteroatoms. The van der Waals surface area contributed by atoms with Crippen molar-refractivity contribution in [3.63, 3.8) is 0 Å². The first-order chi connectivity index (χ1) is 10.5. The zero-order valence-electron chi connectivity index (χ0n) is 14.1. The van der Waals surface area contributed by atoms with E-state index >= 15 is 0 Å². The van der Waals surface area contributed by atoms with Crippen molar-refractivity contribution < 1.29 is 4.52 Å². The third kappa shape index (κ3) is 2.57. The molecule has 0 bridgehead atoms. The van der Waals surface area contributed by atoms with Crippen molar-refractivity contribution in [3.8, 4) is 11.5 Å². The normalized spacial score (nSPS) is 20.0. The number of rotatable bonds is 3. The minimum atomic E-state index is 0.180. The van der Waals surface area contributed by atoms with E-state index < -0.39 is 0 Å². The Morgan fingerprint density at radius 3 is 2.77 bits per heavy atom. The van der Waals surface area contributed by atoms with Crippen LogP contribution in [0.5, 0.6) is 0 Å². The maximum atomic E-state index is 5.55. The summed E-state index contributed by atoms with van der Waals surface area (Å²) >= 11 is 0.